The molecule has 2 unspecified atom stereocenters. The quantitative estimate of drug-likeness (QED) is 0.588. The number of H-pyrrole nitrogens is 1. The lowest BCUT2D eigenvalue weighted by Crippen LogP contribution is -2.15. The minimum absolute atomic E-state index is 0.296. The maximum absolute atomic E-state index is 8.08. The normalized spacial score (nSPS) is 21.8. The number of rotatable bonds is 1. The second-order valence-corrected chi connectivity index (χ2v) is 7.05. The molecule has 3 aromatic rings. The summed E-state index contributed by atoms with van der Waals surface area (Å²) >= 11 is 0. The highest BCUT2D eigenvalue weighted by molar-refractivity contribution is 5.95. The Kier molecular flexibility index (Phi) is 3.87. The summed E-state index contributed by atoms with van der Waals surface area (Å²) in [5.41, 5.74) is 4.55. The first-order valence-electron chi connectivity index (χ1n) is 8.48. The van der Waals surface area contributed by atoms with Crippen molar-refractivity contribution in [2.75, 3.05) is 6.61 Å². The number of nitrogens with one attached hydrogen (secondary N) is 1. The van der Waals surface area contributed by atoms with Crippen LogP contribution in [0.25, 0.3) is 22.2 Å². The van der Waals surface area contributed by atoms with E-state index in [0.717, 1.165) is 36.3 Å². The van der Waals surface area contributed by atoms with Crippen molar-refractivity contribution in [2.24, 2.45) is 0 Å². The van der Waals surface area contributed by atoms with E-state index < -0.39 is 5.79 Å². The largest absolute Gasteiger partial charge is 0.376 e. The molecule has 2 atom stereocenters. The number of aliphatic hydroxyl groups is 2. The van der Waals surface area contributed by atoms with Crippen LogP contribution in [0.1, 0.15) is 31.9 Å². The van der Waals surface area contributed by atoms with E-state index >= 15 is 0 Å². The van der Waals surface area contributed by atoms with E-state index in [2.05, 4.69) is 33.5 Å². The van der Waals surface area contributed by atoms with Gasteiger partial charge in [-0.05, 0) is 26.3 Å². The number of benzene rings is 1. The molecule has 0 amide bonds. The SMILES string of the molecule is CC(C)(O)O.c1ccc2c(-c3nnn4c3C3CCOC3C4)c[nH]c2c1. The lowest BCUT2D eigenvalue weighted by Gasteiger charge is -2.07. The maximum Gasteiger partial charge on any atom is 0.156 e. The standard InChI is InChI=1S/C15H14N4O.C3H8O2/c1-2-4-12-9(3-1)11(7-16-12)14-15-10-5-6-20-13(10)8-19(15)18-17-14;1-3(2,4)5/h1-4,7,10,13,16H,5-6,8H2;4-5H,1-2H3. The van der Waals surface area contributed by atoms with Crippen LogP contribution in [-0.4, -0.2) is 48.7 Å². The summed E-state index contributed by atoms with van der Waals surface area (Å²) in [6, 6.07) is 8.32. The minimum Gasteiger partial charge on any atom is -0.376 e. The number of hydrogen-bond acceptors (Lipinski definition) is 5. The number of nitrogens with zero attached hydrogens (tertiary/aromatic N) is 3. The molecule has 1 saturated heterocycles. The first-order chi connectivity index (χ1) is 11.9. The van der Waals surface area contributed by atoms with Crippen LogP contribution in [0.15, 0.2) is 30.5 Å². The molecule has 4 heterocycles. The van der Waals surface area contributed by atoms with Gasteiger partial charge in [-0.25, -0.2) is 4.68 Å². The highest BCUT2D eigenvalue weighted by Crippen LogP contribution is 2.42. The summed E-state index contributed by atoms with van der Waals surface area (Å²) in [6.45, 7) is 4.29. The Morgan fingerprint density at radius 1 is 1.28 bits per heavy atom. The minimum atomic E-state index is -1.50. The van der Waals surface area contributed by atoms with Gasteiger partial charge in [0.15, 0.2) is 5.79 Å². The molecule has 0 spiro atoms. The van der Waals surface area contributed by atoms with Gasteiger partial charge in [0.05, 0.1) is 18.3 Å². The highest BCUT2D eigenvalue weighted by atomic mass is 16.5. The van der Waals surface area contributed by atoms with Crippen molar-refractivity contribution in [3.05, 3.63) is 36.2 Å². The van der Waals surface area contributed by atoms with Gasteiger partial charge < -0.3 is 19.9 Å². The smallest absolute Gasteiger partial charge is 0.156 e. The van der Waals surface area contributed by atoms with E-state index in [0.29, 0.717) is 12.0 Å². The molecule has 7 heteroatoms. The predicted molar refractivity (Wildman–Crippen MR) is 92.9 cm³/mol. The molecule has 3 N–H and O–H groups in total. The summed E-state index contributed by atoms with van der Waals surface area (Å²) in [4.78, 5) is 3.32. The fourth-order valence-corrected chi connectivity index (χ4v) is 3.59. The van der Waals surface area contributed by atoms with E-state index in [1.165, 1.54) is 24.9 Å². The van der Waals surface area contributed by atoms with Crippen LogP contribution in [0.4, 0.5) is 0 Å². The molecule has 5 rings (SSSR count). The lowest BCUT2D eigenvalue weighted by molar-refractivity contribution is -0.127. The molecule has 0 bridgehead atoms. The summed E-state index contributed by atoms with van der Waals surface area (Å²) in [6.07, 6.45) is 3.41. The van der Waals surface area contributed by atoms with Crippen molar-refractivity contribution < 1.29 is 14.9 Å². The topological polar surface area (TPSA) is 96.2 Å². The number of fused-ring (bicyclic) bond motifs is 4. The molecule has 0 radical (unpaired) electrons. The molecule has 1 fully saturated rings. The van der Waals surface area contributed by atoms with Crippen LogP contribution < -0.4 is 0 Å². The van der Waals surface area contributed by atoms with Crippen LogP contribution >= 0.6 is 0 Å². The number of para-hydroxylation sites is 1. The monoisotopic (exact) mass is 342 g/mol. The van der Waals surface area contributed by atoms with E-state index in [1.807, 2.05) is 16.9 Å². The molecule has 2 aliphatic rings. The van der Waals surface area contributed by atoms with E-state index in [-0.39, 0.29) is 0 Å². The highest BCUT2D eigenvalue weighted by Gasteiger charge is 2.41. The van der Waals surface area contributed by atoms with Gasteiger partial charge >= 0.3 is 0 Å². The molecule has 2 aromatic heterocycles. The van der Waals surface area contributed by atoms with Crippen LogP contribution in [0.2, 0.25) is 0 Å². The third-order valence-corrected chi connectivity index (χ3v) is 4.53. The van der Waals surface area contributed by atoms with Crippen molar-refractivity contribution in [3.8, 4) is 11.3 Å². The predicted octanol–water partition coefficient (Wildman–Crippen LogP) is 2.02. The Labute approximate surface area is 145 Å². The van der Waals surface area contributed by atoms with Crippen LogP contribution in [0.5, 0.6) is 0 Å². The first kappa shape index (κ1) is 16.3. The fourth-order valence-electron chi connectivity index (χ4n) is 3.59. The van der Waals surface area contributed by atoms with Crippen molar-refractivity contribution in [3.63, 3.8) is 0 Å². The number of aromatic nitrogens is 4. The molecule has 132 valence electrons. The second kappa shape index (κ2) is 5.94. The van der Waals surface area contributed by atoms with Gasteiger partial charge in [0, 0.05) is 35.2 Å². The van der Waals surface area contributed by atoms with Crippen molar-refractivity contribution in [1.29, 1.82) is 0 Å². The van der Waals surface area contributed by atoms with Crippen molar-refractivity contribution in [2.45, 2.75) is 44.6 Å². The molecule has 0 aliphatic carbocycles. The Morgan fingerprint density at radius 3 is 2.84 bits per heavy atom. The third kappa shape index (κ3) is 3.06. The molecule has 7 nitrogen and oxygen atoms in total. The number of ether oxygens (including phenoxy) is 1. The summed E-state index contributed by atoms with van der Waals surface area (Å²) in [7, 11) is 0. The Morgan fingerprint density at radius 2 is 2.04 bits per heavy atom. The number of aromatic amines is 1. The Bertz CT molecular complexity index is 887. The molecular weight excluding hydrogens is 320 g/mol. The molecule has 2 aliphatic heterocycles. The van der Waals surface area contributed by atoms with E-state index in [4.69, 9.17) is 14.9 Å². The maximum atomic E-state index is 8.08. The average molecular weight is 342 g/mol. The molecule has 25 heavy (non-hydrogen) atoms. The fraction of sp³-hybridized carbons (Fsp3) is 0.444. The van der Waals surface area contributed by atoms with Gasteiger partial charge in [-0.1, -0.05) is 23.4 Å². The Hall–Kier alpha value is -2.22. The van der Waals surface area contributed by atoms with Crippen LogP contribution in [0, 0.1) is 0 Å². The Balaban J connectivity index is 0.000000280. The van der Waals surface area contributed by atoms with Crippen molar-refractivity contribution in [1.82, 2.24) is 20.0 Å². The number of hydrogen-bond donors (Lipinski definition) is 3. The van der Waals surface area contributed by atoms with Gasteiger partial charge in [0.25, 0.3) is 0 Å². The average Bonchev–Trinajstić information content (AvgIpc) is 3.25. The lowest BCUT2D eigenvalue weighted by atomic mass is 9.97. The van der Waals surface area contributed by atoms with Crippen LogP contribution in [-0.2, 0) is 11.3 Å². The zero-order valence-electron chi connectivity index (χ0n) is 14.3. The van der Waals surface area contributed by atoms with Gasteiger partial charge in [-0.15, -0.1) is 5.10 Å². The van der Waals surface area contributed by atoms with Crippen molar-refractivity contribution >= 4 is 10.9 Å². The van der Waals surface area contributed by atoms with Gasteiger partial charge in [-0.3, -0.25) is 0 Å². The second-order valence-electron chi connectivity index (χ2n) is 7.05. The van der Waals surface area contributed by atoms with Gasteiger partial charge in [0.2, 0.25) is 0 Å². The molecule has 0 saturated carbocycles. The molecular formula is C18H22N4O3. The van der Waals surface area contributed by atoms with E-state index in [9.17, 15) is 0 Å². The molecule has 1 aromatic carbocycles. The first-order valence-corrected chi connectivity index (χ1v) is 8.48. The third-order valence-electron chi connectivity index (χ3n) is 4.53. The van der Waals surface area contributed by atoms with E-state index in [1.54, 1.807) is 0 Å². The zero-order valence-corrected chi connectivity index (χ0v) is 14.3. The zero-order chi connectivity index (χ0) is 17.6. The van der Waals surface area contributed by atoms with Gasteiger partial charge in [0.1, 0.15) is 5.69 Å². The summed E-state index contributed by atoms with van der Waals surface area (Å²) < 4.78 is 7.80. The summed E-state index contributed by atoms with van der Waals surface area (Å²) in [5.74, 6) is -1.05. The van der Waals surface area contributed by atoms with Gasteiger partial charge in [-0.2, -0.15) is 0 Å². The summed E-state index contributed by atoms with van der Waals surface area (Å²) in [5, 5.41) is 26.1. The van der Waals surface area contributed by atoms with Crippen LogP contribution in [0.3, 0.4) is 0 Å².